The number of benzene rings is 3. The fraction of sp³-hybridized carbons (Fsp3) is 0.312. The van der Waals surface area contributed by atoms with Crippen LogP contribution in [0.4, 0.5) is 14.4 Å². The van der Waals surface area contributed by atoms with E-state index in [-0.39, 0.29) is 13.2 Å². The summed E-state index contributed by atoms with van der Waals surface area (Å²) in [5.41, 5.74) is 3.12. The van der Waals surface area contributed by atoms with E-state index in [1.54, 1.807) is 99.6 Å². The van der Waals surface area contributed by atoms with Crippen LogP contribution < -0.4 is 15.5 Å². The topological polar surface area (TPSA) is 142 Å². The predicted molar refractivity (Wildman–Crippen MR) is 159 cm³/mol. The number of hydrogen-bond donors (Lipinski definition) is 2. The van der Waals surface area contributed by atoms with Crippen LogP contribution in [0, 0.1) is 0 Å². The van der Waals surface area contributed by atoms with Gasteiger partial charge in [-0.05, 0) is 49.6 Å². The number of carbonyl (C=O) groups excluding carboxylic acids is 4. The maximum Gasteiger partial charge on any atom is 0.430 e. The summed E-state index contributed by atoms with van der Waals surface area (Å²) < 4.78 is 26.5. The van der Waals surface area contributed by atoms with Crippen molar-refractivity contribution in [1.82, 2.24) is 15.8 Å². The Labute approximate surface area is 256 Å². The minimum absolute atomic E-state index is 0.124. The smallest absolute Gasteiger partial charge is 0.430 e. The molecule has 0 spiro atoms. The van der Waals surface area contributed by atoms with Gasteiger partial charge >= 0.3 is 24.2 Å². The molecule has 0 aromatic heterocycles. The van der Waals surface area contributed by atoms with Gasteiger partial charge in [-0.2, -0.15) is 5.01 Å². The zero-order valence-electron chi connectivity index (χ0n) is 25.3. The van der Waals surface area contributed by atoms with Crippen molar-refractivity contribution in [2.24, 2.45) is 0 Å². The van der Waals surface area contributed by atoms with E-state index in [9.17, 15) is 19.2 Å². The second-order valence-electron chi connectivity index (χ2n) is 10.4. The van der Waals surface area contributed by atoms with Crippen molar-refractivity contribution in [3.8, 4) is 5.75 Å². The lowest BCUT2D eigenvalue weighted by Gasteiger charge is -2.35. The van der Waals surface area contributed by atoms with Crippen molar-refractivity contribution in [3.63, 3.8) is 0 Å². The van der Waals surface area contributed by atoms with E-state index in [0.717, 1.165) is 7.11 Å². The standard InChI is InChI=1S/C32H37N3O9/c1-32(2,3)44-29(37)33-26(24-16-18-25(40-4)19-17-24)27(28(36)41-5)35(31(39)43-21-23-14-10-7-11-15-23)34-30(38)42-20-22-12-8-6-9-13-22/h6-19,26-27H,20-21H2,1-5H3,(H,33,37)(H,34,38)/t26-,27+/m0/s1. The van der Waals surface area contributed by atoms with Crippen LogP contribution in [0.2, 0.25) is 0 Å². The van der Waals surface area contributed by atoms with E-state index in [1.165, 1.54) is 7.11 Å². The number of nitrogens with zero attached hydrogens (tertiary/aromatic N) is 1. The Hall–Kier alpha value is -5.26. The molecule has 2 N–H and O–H groups in total. The zero-order chi connectivity index (χ0) is 32.1. The molecule has 0 aliphatic heterocycles. The molecule has 12 nitrogen and oxygen atoms in total. The van der Waals surface area contributed by atoms with Gasteiger partial charge in [0.25, 0.3) is 0 Å². The molecule has 0 saturated carbocycles. The van der Waals surface area contributed by atoms with Gasteiger partial charge in [0, 0.05) is 0 Å². The third-order valence-corrected chi connectivity index (χ3v) is 6.01. The molecular weight excluding hydrogens is 570 g/mol. The number of nitrogens with one attached hydrogen (secondary N) is 2. The summed E-state index contributed by atoms with van der Waals surface area (Å²) in [6, 6.07) is 21.1. The highest BCUT2D eigenvalue weighted by molar-refractivity contribution is 5.85. The monoisotopic (exact) mass is 607 g/mol. The van der Waals surface area contributed by atoms with Gasteiger partial charge < -0.3 is 29.0 Å². The molecule has 0 fully saturated rings. The SMILES string of the molecule is COC(=O)[C@@H]([C@@H](NC(=O)OC(C)(C)C)c1ccc(OC)cc1)N(NC(=O)OCc1ccccc1)C(=O)OCc1ccccc1. The molecule has 44 heavy (non-hydrogen) atoms. The van der Waals surface area contributed by atoms with Crippen LogP contribution in [-0.2, 0) is 37.0 Å². The van der Waals surface area contributed by atoms with Crippen molar-refractivity contribution in [2.75, 3.05) is 14.2 Å². The summed E-state index contributed by atoms with van der Waals surface area (Å²) in [5.74, 6) is -0.483. The molecule has 12 heteroatoms. The second kappa shape index (κ2) is 15.8. The van der Waals surface area contributed by atoms with Gasteiger partial charge in [-0.15, -0.1) is 0 Å². The van der Waals surface area contributed by atoms with Crippen LogP contribution >= 0.6 is 0 Å². The first-order valence-corrected chi connectivity index (χ1v) is 13.7. The maximum atomic E-state index is 13.6. The van der Waals surface area contributed by atoms with Gasteiger partial charge in [-0.25, -0.2) is 24.6 Å². The number of methoxy groups -OCH3 is 2. The first-order chi connectivity index (χ1) is 21.0. The Morgan fingerprint density at radius 2 is 1.30 bits per heavy atom. The van der Waals surface area contributed by atoms with Crippen LogP contribution in [0.25, 0.3) is 0 Å². The van der Waals surface area contributed by atoms with E-state index in [4.69, 9.17) is 23.7 Å². The van der Waals surface area contributed by atoms with Crippen molar-refractivity contribution in [2.45, 2.75) is 51.7 Å². The zero-order valence-corrected chi connectivity index (χ0v) is 25.3. The average molecular weight is 608 g/mol. The van der Waals surface area contributed by atoms with E-state index >= 15 is 0 Å². The second-order valence-corrected chi connectivity index (χ2v) is 10.4. The number of hydrazine groups is 1. The lowest BCUT2D eigenvalue weighted by atomic mass is 9.98. The lowest BCUT2D eigenvalue weighted by molar-refractivity contribution is -0.148. The Morgan fingerprint density at radius 1 is 0.750 bits per heavy atom. The molecule has 0 unspecified atom stereocenters. The van der Waals surface area contributed by atoms with Gasteiger partial charge in [-0.3, -0.25) is 0 Å². The quantitative estimate of drug-likeness (QED) is 0.179. The molecule has 234 valence electrons. The Balaban J connectivity index is 2.01. The van der Waals surface area contributed by atoms with Crippen molar-refractivity contribution in [3.05, 3.63) is 102 Å². The molecule has 0 aliphatic rings. The lowest BCUT2D eigenvalue weighted by Crippen LogP contribution is -2.60. The number of amides is 3. The molecular formula is C32H37N3O9. The minimum Gasteiger partial charge on any atom is -0.497 e. The molecule has 2 atom stereocenters. The third kappa shape index (κ3) is 10.2. The van der Waals surface area contributed by atoms with Gasteiger partial charge in [0.1, 0.15) is 24.6 Å². The van der Waals surface area contributed by atoms with E-state index < -0.39 is 41.9 Å². The van der Waals surface area contributed by atoms with Gasteiger partial charge in [0.2, 0.25) is 0 Å². The van der Waals surface area contributed by atoms with Gasteiger partial charge in [0.15, 0.2) is 6.04 Å². The van der Waals surface area contributed by atoms with Crippen LogP contribution in [-0.4, -0.2) is 55.1 Å². The van der Waals surface area contributed by atoms with Crippen LogP contribution in [0.5, 0.6) is 5.75 Å². The fourth-order valence-electron chi connectivity index (χ4n) is 3.97. The number of alkyl carbamates (subject to hydrolysis) is 1. The summed E-state index contributed by atoms with van der Waals surface area (Å²) in [5, 5.41) is 3.27. The minimum atomic E-state index is -1.69. The number of esters is 1. The molecule has 0 radical (unpaired) electrons. The molecule has 3 aromatic carbocycles. The van der Waals surface area contributed by atoms with Gasteiger partial charge in [-0.1, -0.05) is 72.8 Å². The highest BCUT2D eigenvalue weighted by Gasteiger charge is 2.42. The molecule has 3 amide bonds. The van der Waals surface area contributed by atoms with Crippen LogP contribution in [0.15, 0.2) is 84.9 Å². The predicted octanol–water partition coefficient (Wildman–Crippen LogP) is 5.28. The first-order valence-electron chi connectivity index (χ1n) is 13.7. The maximum absolute atomic E-state index is 13.6. The molecule has 0 saturated heterocycles. The molecule has 3 aromatic rings. The number of hydrogen-bond acceptors (Lipinski definition) is 9. The Morgan fingerprint density at radius 3 is 1.80 bits per heavy atom. The third-order valence-electron chi connectivity index (χ3n) is 6.01. The van der Waals surface area contributed by atoms with Crippen molar-refractivity contribution >= 4 is 24.2 Å². The van der Waals surface area contributed by atoms with Gasteiger partial charge in [0.05, 0.1) is 20.3 Å². The molecule has 0 heterocycles. The summed E-state index contributed by atoms with van der Waals surface area (Å²) in [7, 11) is 2.59. The first kappa shape index (κ1) is 33.2. The van der Waals surface area contributed by atoms with Crippen LogP contribution in [0.3, 0.4) is 0 Å². The van der Waals surface area contributed by atoms with E-state index in [2.05, 4.69) is 10.7 Å². The highest BCUT2D eigenvalue weighted by atomic mass is 16.6. The summed E-state index contributed by atoms with van der Waals surface area (Å²) in [4.78, 5) is 53.0. The normalized spacial score (nSPS) is 12.1. The summed E-state index contributed by atoms with van der Waals surface area (Å²) >= 11 is 0. The number of ether oxygens (including phenoxy) is 5. The summed E-state index contributed by atoms with van der Waals surface area (Å²) in [6.45, 7) is 4.71. The average Bonchev–Trinajstić information content (AvgIpc) is 3.01. The molecule has 3 rings (SSSR count). The Bertz CT molecular complexity index is 1380. The summed E-state index contributed by atoms with van der Waals surface area (Å²) in [6.07, 6.45) is -3.08. The molecule has 0 aliphatic carbocycles. The van der Waals surface area contributed by atoms with E-state index in [0.29, 0.717) is 27.4 Å². The Kier molecular flexibility index (Phi) is 12.0. The van der Waals surface area contributed by atoms with E-state index in [1.807, 2.05) is 6.07 Å². The highest BCUT2D eigenvalue weighted by Crippen LogP contribution is 2.26. The van der Waals surface area contributed by atoms with Crippen LogP contribution in [0.1, 0.15) is 43.5 Å². The largest absolute Gasteiger partial charge is 0.497 e. The number of rotatable bonds is 10. The van der Waals surface area contributed by atoms with Crippen molar-refractivity contribution in [1.29, 1.82) is 0 Å². The van der Waals surface area contributed by atoms with Crippen molar-refractivity contribution < 1.29 is 42.9 Å². The molecule has 0 bridgehead atoms. The number of carbonyl (C=O) groups is 4. The fourth-order valence-corrected chi connectivity index (χ4v) is 3.97.